The van der Waals surface area contributed by atoms with Crippen LogP contribution in [0.2, 0.25) is 0 Å². The van der Waals surface area contributed by atoms with E-state index in [2.05, 4.69) is 20.0 Å². The molecule has 1 saturated carbocycles. The Labute approximate surface area is 234 Å². The lowest BCUT2D eigenvalue weighted by molar-refractivity contribution is 0.0868. The van der Waals surface area contributed by atoms with Crippen molar-refractivity contribution in [3.05, 3.63) is 71.9 Å². The number of halogens is 2. The molecule has 5 N–H and O–H groups in total. The number of carbonyl (C=O) groups is 1. The van der Waals surface area contributed by atoms with Gasteiger partial charge in [0.2, 0.25) is 5.88 Å². The van der Waals surface area contributed by atoms with Gasteiger partial charge in [0.15, 0.2) is 0 Å². The zero-order valence-corrected chi connectivity index (χ0v) is 22.7. The van der Waals surface area contributed by atoms with Gasteiger partial charge in [0.1, 0.15) is 28.0 Å². The summed E-state index contributed by atoms with van der Waals surface area (Å²) in [5.41, 5.74) is 7.87. The summed E-state index contributed by atoms with van der Waals surface area (Å²) < 4.78 is 60.8. The summed E-state index contributed by atoms with van der Waals surface area (Å²) in [4.78, 5) is 20.8. The van der Waals surface area contributed by atoms with Gasteiger partial charge in [-0.1, -0.05) is 6.07 Å². The van der Waals surface area contributed by atoms with E-state index in [1.807, 2.05) is 0 Å². The maximum Gasteiger partial charge on any atom is 0.264 e. The first kappa shape index (κ1) is 28.2. The number of hydrogen-bond donors (Lipinski definition) is 4. The molecular formula is C28H27F2N5O5S. The number of aromatic nitrogens is 2. The SMILES string of the molecule is COc1ncc(-c2ccc3nc(N)c(C(=O)NC4CCC(O)CC4)cc3c2)cc1NS(=O)(=O)c1ccc(F)cc1F. The Bertz CT molecular complexity index is 1740. The van der Waals surface area contributed by atoms with E-state index in [0.717, 1.165) is 12.1 Å². The Kier molecular flexibility index (Phi) is 7.74. The van der Waals surface area contributed by atoms with Crippen LogP contribution >= 0.6 is 0 Å². The number of nitrogens with zero attached hydrogens (tertiary/aromatic N) is 2. The number of benzene rings is 2. The van der Waals surface area contributed by atoms with Crippen molar-refractivity contribution in [3.63, 3.8) is 0 Å². The number of rotatable bonds is 7. The van der Waals surface area contributed by atoms with Gasteiger partial charge >= 0.3 is 0 Å². The zero-order chi connectivity index (χ0) is 29.3. The van der Waals surface area contributed by atoms with Gasteiger partial charge in [-0.25, -0.2) is 27.2 Å². The number of sulfonamides is 1. The summed E-state index contributed by atoms with van der Waals surface area (Å²) in [6, 6.07) is 10.3. The summed E-state index contributed by atoms with van der Waals surface area (Å²) in [5.74, 6) is -2.51. The Morgan fingerprint density at radius 3 is 2.51 bits per heavy atom. The van der Waals surface area contributed by atoms with Crippen LogP contribution in [-0.2, 0) is 10.0 Å². The van der Waals surface area contributed by atoms with Crippen LogP contribution in [0.5, 0.6) is 5.88 Å². The number of aliphatic hydroxyl groups excluding tert-OH is 1. The quantitative estimate of drug-likeness (QED) is 0.254. The summed E-state index contributed by atoms with van der Waals surface area (Å²) in [5, 5.41) is 13.3. The predicted octanol–water partition coefficient (Wildman–Crippen LogP) is 4.00. The fraction of sp³-hybridized carbons (Fsp3) is 0.250. The number of nitrogen functional groups attached to an aromatic ring is 1. The molecule has 1 aliphatic carbocycles. The molecular weight excluding hydrogens is 556 g/mol. The van der Waals surface area contributed by atoms with Crippen molar-refractivity contribution in [3.8, 4) is 17.0 Å². The highest BCUT2D eigenvalue weighted by atomic mass is 32.2. The average Bonchev–Trinajstić information content (AvgIpc) is 2.93. The Morgan fingerprint density at radius 2 is 1.80 bits per heavy atom. The maximum atomic E-state index is 14.2. The van der Waals surface area contributed by atoms with Gasteiger partial charge in [-0.3, -0.25) is 9.52 Å². The van der Waals surface area contributed by atoms with E-state index in [9.17, 15) is 27.1 Å². The molecule has 4 aromatic rings. The molecule has 0 saturated heterocycles. The molecule has 2 aromatic heterocycles. The van der Waals surface area contributed by atoms with Gasteiger partial charge in [-0.2, -0.15) is 0 Å². The van der Waals surface area contributed by atoms with Crippen LogP contribution in [0.4, 0.5) is 20.3 Å². The van der Waals surface area contributed by atoms with Crippen LogP contribution in [0.25, 0.3) is 22.0 Å². The van der Waals surface area contributed by atoms with Crippen molar-refractivity contribution in [2.24, 2.45) is 0 Å². The van der Waals surface area contributed by atoms with E-state index < -0.39 is 26.6 Å². The lowest BCUT2D eigenvalue weighted by atomic mass is 9.93. The molecule has 0 spiro atoms. The van der Waals surface area contributed by atoms with Crippen molar-refractivity contribution in [2.75, 3.05) is 17.6 Å². The second-order valence-electron chi connectivity index (χ2n) is 9.77. The van der Waals surface area contributed by atoms with Crippen LogP contribution in [0.1, 0.15) is 36.0 Å². The monoisotopic (exact) mass is 583 g/mol. The summed E-state index contributed by atoms with van der Waals surface area (Å²) in [6.07, 6.45) is 3.69. The van der Waals surface area contributed by atoms with Crippen LogP contribution in [0.3, 0.4) is 0 Å². The second kappa shape index (κ2) is 11.3. The topological polar surface area (TPSA) is 157 Å². The molecule has 0 unspecified atom stereocenters. The first-order chi connectivity index (χ1) is 19.5. The third-order valence-electron chi connectivity index (χ3n) is 6.93. The van der Waals surface area contributed by atoms with Gasteiger partial charge in [0.05, 0.1) is 24.3 Å². The fourth-order valence-electron chi connectivity index (χ4n) is 4.77. The number of ether oxygens (including phenoxy) is 1. The molecule has 0 radical (unpaired) electrons. The standard InChI is InChI=1S/C28H27F2N5O5S/c1-40-28-24(35-41(38,39)25-9-3-18(29)13-22(25)30)12-17(14-32-28)15-2-8-23-16(10-15)11-21(26(31)34-23)27(37)33-19-4-6-20(36)7-5-19/h2-3,8-14,19-20,35-36H,4-7H2,1H3,(H2,31,34)(H,33,37). The van der Waals surface area contributed by atoms with Crippen molar-refractivity contribution in [1.29, 1.82) is 0 Å². The van der Waals surface area contributed by atoms with Crippen LogP contribution in [-0.4, -0.2) is 48.7 Å². The molecule has 2 heterocycles. The first-order valence-corrected chi connectivity index (χ1v) is 14.2. The van der Waals surface area contributed by atoms with E-state index in [1.54, 1.807) is 24.3 Å². The third-order valence-corrected chi connectivity index (χ3v) is 8.33. The van der Waals surface area contributed by atoms with Crippen molar-refractivity contribution in [2.45, 2.75) is 42.7 Å². The van der Waals surface area contributed by atoms with Gasteiger partial charge in [-0.05, 0) is 67.6 Å². The normalized spacial score (nSPS) is 17.3. The number of pyridine rings is 2. The minimum absolute atomic E-state index is 0.0655. The molecule has 1 amide bonds. The molecule has 1 fully saturated rings. The highest BCUT2D eigenvalue weighted by Crippen LogP contribution is 2.32. The second-order valence-corrected chi connectivity index (χ2v) is 11.4. The number of anilines is 2. The molecule has 41 heavy (non-hydrogen) atoms. The number of fused-ring (bicyclic) bond motifs is 1. The molecule has 0 aliphatic heterocycles. The highest BCUT2D eigenvalue weighted by Gasteiger charge is 2.24. The minimum atomic E-state index is -4.46. The molecule has 0 atom stereocenters. The average molecular weight is 584 g/mol. The van der Waals surface area contributed by atoms with E-state index in [4.69, 9.17) is 10.5 Å². The smallest absolute Gasteiger partial charge is 0.264 e. The number of amides is 1. The zero-order valence-electron chi connectivity index (χ0n) is 21.9. The lowest BCUT2D eigenvalue weighted by Crippen LogP contribution is -2.38. The molecule has 13 heteroatoms. The summed E-state index contributed by atoms with van der Waals surface area (Å²) in [6.45, 7) is 0. The maximum absolute atomic E-state index is 14.2. The van der Waals surface area contributed by atoms with E-state index in [-0.39, 0.29) is 41.0 Å². The Balaban J connectivity index is 1.45. The van der Waals surface area contributed by atoms with Gasteiger partial charge in [0, 0.05) is 29.3 Å². The molecule has 5 rings (SSSR count). The van der Waals surface area contributed by atoms with E-state index >= 15 is 0 Å². The van der Waals surface area contributed by atoms with Crippen LogP contribution in [0, 0.1) is 11.6 Å². The van der Waals surface area contributed by atoms with Crippen molar-refractivity contribution < 1.29 is 31.8 Å². The predicted molar refractivity (Wildman–Crippen MR) is 149 cm³/mol. The molecule has 1 aliphatic rings. The molecule has 214 valence electrons. The van der Waals surface area contributed by atoms with Crippen LogP contribution in [0.15, 0.2) is 59.6 Å². The molecule has 2 aromatic carbocycles. The van der Waals surface area contributed by atoms with Gasteiger partial charge in [0.25, 0.3) is 15.9 Å². The number of aliphatic hydroxyl groups is 1. The van der Waals surface area contributed by atoms with Crippen LogP contribution < -0.4 is 20.5 Å². The highest BCUT2D eigenvalue weighted by molar-refractivity contribution is 7.92. The molecule has 0 bridgehead atoms. The van der Waals surface area contributed by atoms with Crippen molar-refractivity contribution in [1.82, 2.24) is 15.3 Å². The largest absolute Gasteiger partial charge is 0.480 e. The number of nitrogens with one attached hydrogen (secondary N) is 2. The van der Waals surface area contributed by atoms with E-state index in [1.165, 1.54) is 19.4 Å². The Morgan fingerprint density at radius 1 is 1.05 bits per heavy atom. The lowest BCUT2D eigenvalue weighted by Gasteiger charge is -2.26. The molecule has 10 nitrogen and oxygen atoms in total. The fourth-order valence-corrected chi connectivity index (χ4v) is 5.88. The number of hydrogen-bond acceptors (Lipinski definition) is 8. The minimum Gasteiger partial charge on any atom is -0.480 e. The van der Waals surface area contributed by atoms with Gasteiger partial charge < -0.3 is 20.9 Å². The van der Waals surface area contributed by atoms with E-state index in [0.29, 0.717) is 53.8 Å². The van der Waals surface area contributed by atoms with Crippen molar-refractivity contribution >= 4 is 38.3 Å². The summed E-state index contributed by atoms with van der Waals surface area (Å²) in [7, 11) is -3.16. The number of carbonyl (C=O) groups excluding carboxylic acids is 1. The third kappa shape index (κ3) is 6.05. The Hall–Kier alpha value is -4.36. The first-order valence-electron chi connectivity index (χ1n) is 12.8. The number of methoxy groups -OCH3 is 1. The number of nitrogens with two attached hydrogens (primary N) is 1. The van der Waals surface area contributed by atoms with Gasteiger partial charge in [-0.15, -0.1) is 0 Å². The summed E-state index contributed by atoms with van der Waals surface area (Å²) >= 11 is 0.